The lowest BCUT2D eigenvalue weighted by molar-refractivity contribution is 0.515. The molecule has 0 amide bonds. The average molecular weight is 281 g/mol. The second kappa shape index (κ2) is 7.42. The lowest BCUT2D eigenvalue weighted by Crippen LogP contribution is -2.21. The van der Waals surface area contributed by atoms with Crippen molar-refractivity contribution < 1.29 is 0 Å². The Morgan fingerprint density at radius 1 is 0.857 bits per heavy atom. The maximum Gasteiger partial charge on any atom is 0.0323 e. The van der Waals surface area contributed by atoms with Gasteiger partial charge in [-0.2, -0.15) is 0 Å². The summed E-state index contributed by atoms with van der Waals surface area (Å²) in [7, 11) is 0. The first-order valence-corrected chi connectivity index (χ1v) is 7.95. The van der Waals surface area contributed by atoms with Crippen molar-refractivity contribution in [3.63, 3.8) is 0 Å². The fourth-order valence-electron chi connectivity index (χ4n) is 2.91. The average Bonchev–Trinajstić information content (AvgIpc) is 2.44. The first kappa shape index (κ1) is 15.8. The van der Waals surface area contributed by atoms with E-state index in [1.165, 1.54) is 27.8 Å². The van der Waals surface area contributed by atoms with Gasteiger partial charge in [-0.3, -0.25) is 0 Å². The highest BCUT2D eigenvalue weighted by Gasteiger charge is 2.11. The zero-order valence-electron chi connectivity index (χ0n) is 13.7. The zero-order valence-corrected chi connectivity index (χ0v) is 13.7. The normalized spacial score (nSPS) is 12.4. The highest BCUT2D eigenvalue weighted by atomic mass is 14.9. The molecule has 0 aromatic heterocycles. The molecule has 0 aliphatic rings. The zero-order chi connectivity index (χ0) is 15.2. The van der Waals surface area contributed by atoms with Crippen LogP contribution < -0.4 is 5.32 Å². The van der Waals surface area contributed by atoms with Gasteiger partial charge < -0.3 is 5.32 Å². The summed E-state index contributed by atoms with van der Waals surface area (Å²) >= 11 is 0. The van der Waals surface area contributed by atoms with Crippen LogP contribution in [0.1, 0.15) is 47.2 Å². The van der Waals surface area contributed by atoms with Crippen molar-refractivity contribution in [1.29, 1.82) is 0 Å². The van der Waals surface area contributed by atoms with E-state index >= 15 is 0 Å². The molecule has 21 heavy (non-hydrogen) atoms. The molecule has 112 valence electrons. The molecule has 0 heterocycles. The molecule has 0 saturated carbocycles. The third-order valence-electron chi connectivity index (χ3n) is 3.94. The molecule has 0 radical (unpaired) electrons. The molecule has 2 rings (SSSR count). The molecule has 2 aromatic carbocycles. The second-order valence-electron chi connectivity index (χ2n) is 6.06. The minimum absolute atomic E-state index is 0.440. The van der Waals surface area contributed by atoms with Crippen LogP contribution in [0.4, 0.5) is 0 Å². The van der Waals surface area contributed by atoms with E-state index in [-0.39, 0.29) is 0 Å². The summed E-state index contributed by atoms with van der Waals surface area (Å²) in [5.41, 5.74) is 6.87. The minimum Gasteiger partial charge on any atom is -0.310 e. The van der Waals surface area contributed by atoms with Gasteiger partial charge in [-0.05, 0) is 51.3 Å². The smallest absolute Gasteiger partial charge is 0.0323 e. The molecule has 0 fully saturated rings. The molecule has 2 aromatic rings. The molecule has 0 bridgehead atoms. The Kier molecular flexibility index (Phi) is 5.58. The topological polar surface area (TPSA) is 12.0 Å². The first-order valence-electron chi connectivity index (χ1n) is 7.95. The largest absolute Gasteiger partial charge is 0.310 e. The summed E-state index contributed by atoms with van der Waals surface area (Å²) in [6.07, 6.45) is 2.25. The Hall–Kier alpha value is -1.60. The molecular weight excluding hydrogens is 254 g/mol. The summed E-state index contributed by atoms with van der Waals surface area (Å²) in [4.78, 5) is 0. The van der Waals surface area contributed by atoms with Gasteiger partial charge >= 0.3 is 0 Å². The highest BCUT2D eigenvalue weighted by molar-refractivity contribution is 5.31. The standard InChI is InChI=1S/C20H27N/c1-5-21-20(19-13-16(3)12-17(4)14-19)11-10-18-8-6-15(2)7-9-18/h6-9,12-14,20-21H,5,10-11H2,1-4H3. The van der Waals surface area contributed by atoms with E-state index in [9.17, 15) is 0 Å². The predicted molar refractivity (Wildman–Crippen MR) is 91.8 cm³/mol. The number of aryl methyl sites for hydroxylation is 4. The van der Waals surface area contributed by atoms with Gasteiger partial charge in [0.2, 0.25) is 0 Å². The van der Waals surface area contributed by atoms with Gasteiger partial charge in [0, 0.05) is 6.04 Å². The van der Waals surface area contributed by atoms with Crippen molar-refractivity contribution >= 4 is 0 Å². The molecule has 0 aliphatic carbocycles. The maximum atomic E-state index is 3.63. The second-order valence-corrected chi connectivity index (χ2v) is 6.06. The predicted octanol–water partition coefficient (Wildman–Crippen LogP) is 4.90. The molecule has 0 spiro atoms. The SMILES string of the molecule is CCNC(CCc1ccc(C)cc1)c1cc(C)cc(C)c1. The fraction of sp³-hybridized carbons (Fsp3) is 0.400. The van der Waals surface area contributed by atoms with E-state index in [1.54, 1.807) is 0 Å². The molecule has 1 atom stereocenters. The fourth-order valence-corrected chi connectivity index (χ4v) is 2.91. The lowest BCUT2D eigenvalue weighted by Gasteiger charge is -2.19. The molecular formula is C20H27N. The van der Waals surface area contributed by atoms with Gasteiger partial charge in [-0.15, -0.1) is 0 Å². The van der Waals surface area contributed by atoms with Gasteiger partial charge in [0.15, 0.2) is 0 Å². The van der Waals surface area contributed by atoms with Crippen molar-refractivity contribution in [2.75, 3.05) is 6.54 Å². The number of benzene rings is 2. The Labute approximate surface area is 129 Å². The third kappa shape index (κ3) is 4.71. The van der Waals surface area contributed by atoms with Crippen molar-refractivity contribution in [2.45, 2.75) is 46.6 Å². The van der Waals surface area contributed by atoms with Crippen LogP contribution in [-0.2, 0) is 6.42 Å². The van der Waals surface area contributed by atoms with Crippen LogP contribution in [0.15, 0.2) is 42.5 Å². The monoisotopic (exact) mass is 281 g/mol. The minimum atomic E-state index is 0.440. The van der Waals surface area contributed by atoms with Crippen molar-refractivity contribution in [3.8, 4) is 0 Å². The van der Waals surface area contributed by atoms with Crippen molar-refractivity contribution in [1.82, 2.24) is 5.32 Å². The Morgan fingerprint density at radius 2 is 1.48 bits per heavy atom. The van der Waals surface area contributed by atoms with Gasteiger partial charge in [0.1, 0.15) is 0 Å². The van der Waals surface area contributed by atoms with Gasteiger partial charge in [-0.25, -0.2) is 0 Å². The quantitative estimate of drug-likeness (QED) is 0.794. The summed E-state index contributed by atoms with van der Waals surface area (Å²) in [5, 5.41) is 3.63. The molecule has 1 unspecified atom stereocenters. The van der Waals surface area contributed by atoms with Crippen LogP contribution in [0, 0.1) is 20.8 Å². The number of hydrogen-bond donors (Lipinski definition) is 1. The van der Waals surface area contributed by atoms with E-state index in [0.29, 0.717) is 6.04 Å². The third-order valence-corrected chi connectivity index (χ3v) is 3.94. The van der Waals surface area contributed by atoms with Crippen LogP contribution in [0.5, 0.6) is 0 Å². The molecule has 0 saturated heterocycles. The van der Waals surface area contributed by atoms with Crippen LogP contribution >= 0.6 is 0 Å². The molecule has 1 nitrogen and oxygen atoms in total. The number of nitrogens with one attached hydrogen (secondary N) is 1. The Morgan fingerprint density at radius 3 is 2.05 bits per heavy atom. The van der Waals surface area contributed by atoms with Gasteiger partial charge in [0.25, 0.3) is 0 Å². The van der Waals surface area contributed by atoms with E-state index in [0.717, 1.165) is 19.4 Å². The van der Waals surface area contributed by atoms with E-state index in [2.05, 4.69) is 75.5 Å². The summed E-state index contributed by atoms with van der Waals surface area (Å²) in [6.45, 7) is 9.69. The van der Waals surface area contributed by atoms with Gasteiger partial charge in [0.05, 0.1) is 0 Å². The maximum absolute atomic E-state index is 3.63. The Bertz CT molecular complexity index is 549. The number of rotatable bonds is 6. The van der Waals surface area contributed by atoms with Crippen molar-refractivity contribution in [2.24, 2.45) is 0 Å². The first-order chi connectivity index (χ1) is 10.1. The van der Waals surface area contributed by atoms with Crippen LogP contribution in [0.25, 0.3) is 0 Å². The lowest BCUT2D eigenvalue weighted by atomic mass is 9.96. The van der Waals surface area contributed by atoms with E-state index in [1.807, 2.05) is 0 Å². The van der Waals surface area contributed by atoms with Gasteiger partial charge in [-0.1, -0.05) is 66.1 Å². The van der Waals surface area contributed by atoms with Crippen LogP contribution in [-0.4, -0.2) is 6.54 Å². The molecule has 1 heteroatoms. The summed E-state index contributed by atoms with van der Waals surface area (Å²) in [5.74, 6) is 0. The van der Waals surface area contributed by atoms with Crippen molar-refractivity contribution in [3.05, 3.63) is 70.3 Å². The highest BCUT2D eigenvalue weighted by Crippen LogP contribution is 2.22. The number of hydrogen-bond acceptors (Lipinski definition) is 1. The van der Waals surface area contributed by atoms with Crippen LogP contribution in [0.2, 0.25) is 0 Å². The van der Waals surface area contributed by atoms with E-state index in [4.69, 9.17) is 0 Å². The Balaban J connectivity index is 2.09. The molecule has 1 N–H and O–H groups in total. The van der Waals surface area contributed by atoms with E-state index < -0.39 is 0 Å². The summed E-state index contributed by atoms with van der Waals surface area (Å²) < 4.78 is 0. The molecule has 0 aliphatic heterocycles. The van der Waals surface area contributed by atoms with Crippen LogP contribution in [0.3, 0.4) is 0 Å². The summed E-state index contributed by atoms with van der Waals surface area (Å²) in [6, 6.07) is 16.2.